The zero-order valence-corrected chi connectivity index (χ0v) is 19.1. The molecule has 0 spiro atoms. The van der Waals surface area contributed by atoms with E-state index in [1.807, 2.05) is 24.3 Å². The summed E-state index contributed by atoms with van der Waals surface area (Å²) in [5, 5.41) is 17.1. The lowest BCUT2D eigenvalue weighted by molar-refractivity contribution is -0.385. The predicted molar refractivity (Wildman–Crippen MR) is 133 cm³/mol. The lowest BCUT2D eigenvalue weighted by Gasteiger charge is -2.08. The fraction of sp³-hybridized carbons (Fsp3) is 0.0800. The monoisotopic (exact) mass is 488 g/mol. The van der Waals surface area contributed by atoms with Crippen molar-refractivity contribution in [3.63, 3.8) is 0 Å². The minimum atomic E-state index is -0.586. The van der Waals surface area contributed by atoms with E-state index in [1.165, 1.54) is 18.3 Å². The summed E-state index contributed by atoms with van der Waals surface area (Å²) in [6.07, 6.45) is 1.30. The average molecular weight is 489 g/mol. The van der Waals surface area contributed by atoms with Crippen molar-refractivity contribution in [1.82, 2.24) is 9.66 Å². The maximum Gasteiger partial charge on any atom is 0.313 e. The van der Waals surface area contributed by atoms with Gasteiger partial charge in [-0.25, -0.2) is 4.98 Å². The maximum atomic E-state index is 13.4. The Balaban J connectivity index is 1.69. The van der Waals surface area contributed by atoms with E-state index in [2.05, 4.69) is 10.1 Å². The van der Waals surface area contributed by atoms with Crippen LogP contribution >= 0.6 is 11.6 Å². The second-order valence-electron chi connectivity index (χ2n) is 7.50. The number of para-hydroxylation sites is 2. The number of furan rings is 1. The third-order valence-electron chi connectivity index (χ3n) is 5.25. The van der Waals surface area contributed by atoms with Crippen LogP contribution in [0.15, 0.2) is 81.0 Å². The molecule has 0 saturated heterocycles. The normalized spacial score (nSPS) is 11.5. The summed E-state index contributed by atoms with van der Waals surface area (Å²) in [4.78, 5) is 28.9. The van der Waals surface area contributed by atoms with Crippen LogP contribution in [0.25, 0.3) is 33.5 Å². The molecule has 9 nitrogen and oxygen atoms in total. The SMILES string of the molecule is CCOc1c(Cl)cc(C=Nn2c(-c3cc4ccccc4o3)nc3ccccc3c2=O)cc1[N+](=O)[O-]. The number of halogens is 1. The summed E-state index contributed by atoms with van der Waals surface area (Å²) in [5.74, 6) is 0.512. The van der Waals surface area contributed by atoms with Gasteiger partial charge in [-0.2, -0.15) is 9.78 Å². The van der Waals surface area contributed by atoms with Crippen molar-refractivity contribution in [3.8, 4) is 17.3 Å². The number of aromatic nitrogens is 2. The minimum Gasteiger partial charge on any atom is -0.486 e. The van der Waals surface area contributed by atoms with Crippen molar-refractivity contribution >= 4 is 45.4 Å². The molecule has 3 aromatic carbocycles. The summed E-state index contributed by atoms with van der Waals surface area (Å²) in [6.45, 7) is 1.92. The van der Waals surface area contributed by atoms with E-state index < -0.39 is 10.5 Å². The number of nitro benzene ring substituents is 1. The van der Waals surface area contributed by atoms with Gasteiger partial charge in [0, 0.05) is 17.0 Å². The summed E-state index contributed by atoms with van der Waals surface area (Å²) in [5.41, 5.74) is 0.699. The highest BCUT2D eigenvalue weighted by molar-refractivity contribution is 6.32. The van der Waals surface area contributed by atoms with Crippen LogP contribution < -0.4 is 10.3 Å². The van der Waals surface area contributed by atoms with E-state index in [1.54, 1.807) is 37.3 Å². The Bertz CT molecular complexity index is 1660. The van der Waals surface area contributed by atoms with Crippen molar-refractivity contribution < 1.29 is 14.1 Å². The number of hydrogen-bond acceptors (Lipinski definition) is 7. The number of fused-ring (bicyclic) bond motifs is 2. The number of nitrogens with zero attached hydrogens (tertiary/aromatic N) is 4. The van der Waals surface area contributed by atoms with Crippen molar-refractivity contribution in [1.29, 1.82) is 0 Å². The Morgan fingerprint density at radius 3 is 2.71 bits per heavy atom. The van der Waals surface area contributed by atoms with Crippen molar-refractivity contribution in [3.05, 3.63) is 97.8 Å². The van der Waals surface area contributed by atoms with Crippen molar-refractivity contribution in [2.75, 3.05) is 6.61 Å². The number of hydrogen-bond donors (Lipinski definition) is 0. The molecule has 35 heavy (non-hydrogen) atoms. The zero-order chi connectivity index (χ0) is 24.5. The van der Waals surface area contributed by atoms with Crippen LogP contribution in [0.3, 0.4) is 0 Å². The van der Waals surface area contributed by atoms with Crippen molar-refractivity contribution in [2.24, 2.45) is 5.10 Å². The molecule has 0 radical (unpaired) electrons. The summed E-state index contributed by atoms with van der Waals surface area (Å²) in [6, 6.07) is 18.8. The van der Waals surface area contributed by atoms with Crippen LogP contribution in [0, 0.1) is 10.1 Å². The summed E-state index contributed by atoms with van der Waals surface area (Å²) < 4.78 is 12.4. The molecule has 5 aromatic rings. The van der Waals surface area contributed by atoms with E-state index in [-0.39, 0.29) is 28.9 Å². The largest absolute Gasteiger partial charge is 0.486 e. The van der Waals surface area contributed by atoms with Crippen molar-refractivity contribution in [2.45, 2.75) is 6.92 Å². The Labute approximate surface area is 203 Å². The fourth-order valence-corrected chi connectivity index (χ4v) is 3.98. The Morgan fingerprint density at radius 1 is 1.17 bits per heavy atom. The lowest BCUT2D eigenvalue weighted by atomic mass is 10.2. The van der Waals surface area contributed by atoms with E-state index in [4.69, 9.17) is 20.8 Å². The van der Waals surface area contributed by atoms with Gasteiger partial charge in [0.2, 0.25) is 11.6 Å². The summed E-state index contributed by atoms with van der Waals surface area (Å²) in [7, 11) is 0. The van der Waals surface area contributed by atoms with Crippen LogP contribution in [-0.4, -0.2) is 27.4 Å². The first-order valence-corrected chi connectivity index (χ1v) is 11.0. The van der Waals surface area contributed by atoms with Gasteiger partial charge in [-0.05, 0) is 37.3 Å². The topological polar surface area (TPSA) is 113 Å². The molecule has 2 aromatic heterocycles. The molecule has 0 aliphatic heterocycles. The van der Waals surface area contributed by atoms with Gasteiger partial charge in [-0.1, -0.05) is 41.9 Å². The van der Waals surface area contributed by atoms with Gasteiger partial charge in [0.1, 0.15) is 5.58 Å². The first-order valence-electron chi connectivity index (χ1n) is 10.6. The molecule has 2 heterocycles. The van der Waals surface area contributed by atoms with Crippen LogP contribution in [-0.2, 0) is 0 Å². The highest BCUT2D eigenvalue weighted by atomic mass is 35.5. The van der Waals surface area contributed by atoms with E-state index >= 15 is 0 Å². The number of nitro groups is 1. The van der Waals surface area contributed by atoms with Gasteiger partial charge in [-0.3, -0.25) is 14.9 Å². The van der Waals surface area contributed by atoms with Crippen LogP contribution in [0.4, 0.5) is 5.69 Å². The van der Waals surface area contributed by atoms with Gasteiger partial charge in [0.25, 0.3) is 5.56 Å². The maximum absolute atomic E-state index is 13.4. The Morgan fingerprint density at radius 2 is 1.94 bits per heavy atom. The Hall–Kier alpha value is -4.50. The van der Waals surface area contributed by atoms with E-state index in [0.717, 1.165) is 10.1 Å². The number of rotatable bonds is 6. The van der Waals surface area contributed by atoms with Gasteiger partial charge in [0.05, 0.1) is 33.7 Å². The Kier molecular flexibility index (Phi) is 5.76. The first-order chi connectivity index (χ1) is 17.0. The molecule has 5 rings (SSSR count). The highest BCUT2D eigenvalue weighted by Crippen LogP contribution is 2.36. The molecule has 0 aliphatic rings. The van der Waals surface area contributed by atoms with Crippen LogP contribution in [0.5, 0.6) is 5.75 Å². The molecule has 0 amide bonds. The molecule has 0 unspecified atom stereocenters. The second-order valence-corrected chi connectivity index (χ2v) is 7.91. The molecule has 0 atom stereocenters. The minimum absolute atomic E-state index is 0.0242. The number of ether oxygens (including phenoxy) is 1. The molecular weight excluding hydrogens is 472 g/mol. The smallest absolute Gasteiger partial charge is 0.313 e. The van der Waals surface area contributed by atoms with E-state index in [9.17, 15) is 14.9 Å². The molecule has 0 saturated carbocycles. The predicted octanol–water partition coefficient (Wildman–Crippen LogP) is 5.65. The van der Waals surface area contributed by atoms with Gasteiger partial charge in [0.15, 0.2) is 5.76 Å². The van der Waals surface area contributed by atoms with Gasteiger partial charge >= 0.3 is 5.69 Å². The molecule has 10 heteroatoms. The second kappa shape index (κ2) is 9.03. The average Bonchev–Trinajstić information content (AvgIpc) is 3.29. The van der Waals surface area contributed by atoms with Gasteiger partial charge < -0.3 is 9.15 Å². The quantitative estimate of drug-likeness (QED) is 0.173. The van der Waals surface area contributed by atoms with Crippen LogP contribution in [0.1, 0.15) is 12.5 Å². The van der Waals surface area contributed by atoms with Gasteiger partial charge in [-0.15, -0.1) is 0 Å². The fourth-order valence-electron chi connectivity index (χ4n) is 3.70. The van der Waals surface area contributed by atoms with Crippen LogP contribution in [0.2, 0.25) is 5.02 Å². The third-order valence-corrected chi connectivity index (χ3v) is 5.53. The first kappa shape index (κ1) is 22.3. The van der Waals surface area contributed by atoms with E-state index in [0.29, 0.717) is 27.8 Å². The molecule has 0 N–H and O–H groups in total. The molecule has 0 fully saturated rings. The molecule has 0 bridgehead atoms. The third kappa shape index (κ3) is 4.13. The highest BCUT2D eigenvalue weighted by Gasteiger charge is 2.21. The zero-order valence-electron chi connectivity index (χ0n) is 18.3. The molecular formula is C25H17ClN4O5. The number of benzene rings is 3. The standard InChI is InChI=1S/C25H17ClN4O5/c1-2-34-23-18(26)11-15(12-20(23)30(32)33)14-27-29-24(22-13-16-7-3-6-10-21(16)35-22)28-19-9-5-4-8-17(19)25(29)31/h3-14H,2H2,1H3. The lowest BCUT2D eigenvalue weighted by Crippen LogP contribution is -2.20. The summed E-state index contributed by atoms with van der Waals surface area (Å²) >= 11 is 6.23. The molecule has 174 valence electrons. The molecule has 0 aliphatic carbocycles.